The van der Waals surface area contributed by atoms with Gasteiger partial charge in [0.25, 0.3) is 0 Å². The molecule has 1 fully saturated rings. The molecule has 0 aromatic carbocycles. The van der Waals surface area contributed by atoms with E-state index in [1.165, 1.54) is 12.8 Å². The molecule has 3 heteroatoms. The maximum atomic E-state index is 11.7. The summed E-state index contributed by atoms with van der Waals surface area (Å²) in [5, 5.41) is 0. The first-order valence-electron chi connectivity index (χ1n) is 6.74. The predicted molar refractivity (Wildman–Crippen MR) is 69.8 cm³/mol. The standard InChI is InChI=1S/C14H27NO2/c1-10(2)12-7-6-11(3)13(8-12)17-14(16)9-15(4)5/h10-13H,6-9H2,1-5H3/t11-,12+,13?/m1/s1. The quantitative estimate of drug-likeness (QED) is 0.708. The minimum Gasteiger partial charge on any atom is -0.461 e. The number of ether oxygens (including phenoxy) is 1. The van der Waals surface area contributed by atoms with E-state index >= 15 is 0 Å². The van der Waals surface area contributed by atoms with Gasteiger partial charge in [-0.05, 0) is 51.1 Å². The Kier molecular flexibility index (Phi) is 5.44. The lowest BCUT2D eigenvalue weighted by Gasteiger charge is -2.35. The number of likely N-dealkylation sites (N-methyl/N-ethyl adjacent to an activating group) is 1. The van der Waals surface area contributed by atoms with Gasteiger partial charge in [-0.1, -0.05) is 20.8 Å². The minimum atomic E-state index is -0.0868. The Balaban J connectivity index is 2.47. The van der Waals surface area contributed by atoms with Crippen molar-refractivity contribution in [2.24, 2.45) is 17.8 Å². The first-order chi connectivity index (χ1) is 7.90. The van der Waals surface area contributed by atoms with Crippen molar-refractivity contribution in [3.63, 3.8) is 0 Å². The van der Waals surface area contributed by atoms with Gasteiger partial charge in [-0.15, -0.1) is 0 Å². The molecule has 3 nitrogen and oxygen atoms in total. The molecule has 3 atom stereocenters. The Morgan fingerprint density at radius 2 is 2.00 bits per heavy atom. The number of carbonyl (C=O) groups is 1. The summed E-state index contributed by atoms with van der Waals surface area (Å²) < 4.78 is 5.61. The van der Waals surface area contributed by atoms with E-state index in [0.717, 1.165) is 6.42 Å². The predicted octanol–water partition coefficient (Wildman–Crippen LogP) is 2.55. The third kappa shape index (κ3) is 4.66. The zero-order valence-electron chi connectivity index (χ0n) is 11.9. The average molecular weight is 241 g/mol. The van der Waals surface area contributed by atoms with Gasteiger partial charge in [0.1, 0.15) is 6.10 Å². The Bertz CT molecular complexity index is 251. The molecule has 0 aliphatic heterocycles. The topological polar surface area (TPSA) is 29.5 Å². The number of hydrogen-bond acceptors (Lipinski definition) is 3. The molecule has 1 saturated carbocycles. The van der Waals surface area contributed by atoms with Crippen LogP contribution < -0.4 is 0 Å². The molecule has 0 N–H and O–H groups in total. The third-order valence-electron chi connectivity index (χ3n) is 3.83. The lowest BCUT2D eigenvalue weighted by Crippen LogP contribution is -2.36. The molecular weight excluding hydrogens is 214 g/mol. The fourth-order valence-corrected chi connectivity index (χ4v) is 2.55. The molecule has 0 radical (unpaired) electrons. The molecule has 0 aromatic heterocycles. The van der Waals surface area contributed by atoms with Gasteiger partial charge >= 0.3 is 5.97 Å². The molecule has 0 heterocycles. The molecule has 17 heavy (non-hydrogen) atoms. The van der Waals surface area contributed by atoms with Crippen LogP contribution in [0.25, 0.3) is 0 Å². The molecule has 0 saturated heterocycles. The fourth-order valence-electron chi connectivity index (χ4n) is 2.55. The highest BCUT2D eigenvalue weighted by Crippen LogP contribution is 2.34. The molecule has 0 bridgehead atoms. The van der Waals surface area contributed by atoms with E-state index in [-0.39, 0.29) is 12.1 Å². The van der Waals surface area contributed by atoms with Crippen LogP contribution >= 0.6 is 0 Å². The van der Waals surface area contributed by atoms with Crippen LogP contribution in [-0.2, 0) is 9.53 Å². The fraction of sp³-hybridized carbons (Fsp3) is 0.929. The zero-order valence-corrected chi connectivity index (χ0v) is 11.9. The zero-order chi connectivity index (χ0) is 13.0. The summed E-state index contributed by atoms with van der Waals surface area (Å²) in [5.74, 6) is 1.83. The molecule has 1 aliphatic rings. The van der Waals surface area contributed by atoms with Crippen LogP contribution in [0.2, 0.25) is 0 Å². The number of esters is 1. The summed E-state index contributed by atoms with van der Waals surface area (Å²) in [6, 6.07) is 0. The first-order valence-corrected chi connectivity index (χ1v) is 6.74. The second kappa shape index (κ2) is 6.39. The minimum absolute atomic E-state index is 0.0868. The van der Waals surface area contributed by atoms with Crippen LogP contribution in [0.4, 0.5) is 0 Å². The van der Waals surface area contributed by atoms with Crippen LogP contribution in [-0.4, -0.2) is 37.6 Å². The van der Waals surface area contributed by atoms with Crippen molar-refractivity contribution in [1.82, 2.24) is 4.90 Å². The molecule has 0 aromatic rings. The van der Waals surface area contributed by atoms with Crippen LogP contribution in [0.15, 0.2) is 0 Å². The van der Waals surface area contributed by atoms with Gasteiger partial charge in [-0.25, -0.2) is 0 Å². The van der Waals surface area contributed by atoms with Gasteiger partial charge in [0, 0.05) is 0 Å². The van der Waals surface area contributed by atoms with Crippen LogP contribution in [0, 0.1) is 17.8 Å². The van der Waals surface area contributed by atoms with Gasteiger partial charge in [0.2, 0.25) is 0 Å². The summed E-state index contributed by atoms with van der Waals surface area (Å²) in [6.45, 7) is 7.11. The van der Waals surface area contributed by atoms with E-state index in [9.17, 15) is 4.79 Å². The van der Waals surface area contributed by atoms with E-state index in [1.54, 1.807) is 0 Å². The van der Waals surface area contributed by atoms with Crippen molar-refractivity contribution < 1.29 is 9.53 Å². The Labute approximate surface area is 106 Å². The van der Waals surface area contributed by atoms with E-state index < -0.39 is 0 Å². The van der Waals surface area contributed by atoms with Crippen molar-refractivity contribution >= 4 is 5.97 Å². The van der Waals surface area contributed by atoms with Crippen LogP contribution in [0.3, 0.4) is 0 Å². The maximum absolute atomic E-state index is 11.7. The molecule has 1 aliphatic carbocycles. The Hall–Kier alpha value is -0.570. The summed E-state index contributed by atoms with van der Waals surface area (Å²) in [4.78, 5) is 13.5. The molecular formula is C14H27NO2. The largest absolute Gasteiger partial charge is 0.461 e. The highest BCUT2D eigenvalue weighted by atomic mass is 16.5. The van der Waals surface area contributed by atoms with E-state index in [4.69, 9.17) is 4.74 Å². The number of rotatable bonds is 4. The van der Waals surface area contributed by atoms with Gasteiger partial charge < -0.3 is 4.74 Å². The highest BCUT2D eigenvalue weighted by molar-refractivity contribution is 5.71. The van der Waals surface area contributed by atoms with Gasteiger partial charge in [-0.3, -0.25) is 9.69 Å². The lowest BCUT2D eigenvalue weighted by molar-refractivity contribution is -0.155. The highest BCUT2D eigenvalue weighted by Gasteiger charge is 2.31. The van der Waals surface area contributed by atoms with Crippen molar-refractivity contribution in [3.05, 3.63) is 0 Å². The second-order valence-electron chi connectivity index (χ2n) is 6.06. The summed E-state index contributed by atoms with van der Waals surface area (Å²) in [6.07, 6.45) is 3.63. The molecule has 0 spiro atoms. The van der Waals surface area contributed by atoms with Crippen molar-refractivity contribution in [3.8, 4) is 0 Å². The number of carbonyl (C=O) groups excluding carboxylic acids is 1. The first kappa shape index (κ1) is 14.5. The summed E-state index contributed by atoms with van der Waals surface area (Å²) in [5.41, 5.74) is 0. The molecule has 1 rings (SSSR count). The number of hydrogen-bond donors (Lipinski definition) is 0. The molecule has 100 valence electrons. The van der Waals surface area contributed by atoms with E-state index in [1.807, 2.05) is 19.0 Å². The number of nitrogens with zero attached hydrogens (tertiary/aromatic N) is 1. The maximum Gasteiger partial charge on any atom is 0.320 e. The third-order valence-corrected chi connectivity index (χ3v) is 3.83. The summed E-state index contributed by atoms with van der Waals surface area (Å²) >= 11 is 0. The van der Waals surface area contributed by atoms with Gasteiger partial charge in [0.05, 0.1) is 6.54 Å². The molecule has 1 unspecified atom stereocenters. The van der Waals surface area contributed by atoms with Gasteiger partial charge in [-0.2, -0.15) is 0 Å². The lowest BCUT2D eigenvalue weighted by atomic mass is 9.76. The molecule has 0 amide bonds. The van der Waals surface area contributed by atoms with E-state index in [0.29, 0.717) is 24.3 Å². The van der Waals surface area contributed by atoms with Crippen LogP contribution in [0.1, 0.15) is 40.0 Å². The Morgan fingerprint density at radius 3 is 2.53 bits per heavy atom. The van der Waals surface area contributed by atoms with Gasteiger partial charge in [0.15, 0.2) is 0 Å². The Morgan fingerprint density at radius 1 is 1.35 bits per heavy atom. The van der Waals surface area contributed by atoms with Crippen LogP contribution in [0.5, 0.6) is 0 Å². The normalized spacial score (nSPS) is 29.7. The monoisotopic (exact) mass is 241 g/mol. The average Bonchev–Trinajstić information content (AvgIpc) is 2.19. The SMILES string of the molecule is CC(C)[C@H]1CC[C@@H](C)C(OC(=O)CN(C)C)C1. The smallest absolute Gasteiger partial charge is 0.320 e. The van der Waals surface area contributed by atoms with E-state index in [2.05, 4.69) is 20.8 Å². The van der Waals surface area contributed by atoms with Crippen molar-refractivity contribution in [2.75, 3.05) is 20.6 Å². The van der Waals surface area contributed by atoms with Crippen molar-refractivity contribution in [1.29, 1.82) is 0 Å². The van der Waals surface area contributed by atoms with Crippen molar-refractivity contribution in [2.45, 2.75) is 46.1 Å². The summed E-state index contributed by atoms with van der Waals surface area (Å²) in [7, 11) is 3.78. The second-order valence-corrected chi connectivity index (χ2v) is 6.06.